The third-order valence-corrected chi connectivity index (χ3v) is 4.10. The van der Waals surface area contributed by atoms with Gasteiger partial charge in [0.25, 0.3) is 0 Å². The summed E-state index contributed by atoms with van der Waals surface area (Å²) in [5.74, 6) is 1.74. The number of hydrogen-bond donors (Lipinski definition) is 1. The van der Waals surface area contributed by atoms with Gasteiger partial charge in [0, 0.05) is 18.7 Å². The molecule has 2 rings (SSSR count). The molecule has 2 N–H and O–H groups in total. The number of aromatic nitrogens is 2. The van der Waals surface area contributed by atoms with Crippen LogP contribution in [0.25, 0.3) is 11.0 Å². The maximum Gasteiger partial charge on any atom is 0.109 e. The zero-order chi connectivity index (χ0) is 14.2. The lowest BCUT2D eigenvalue weighted by Gasteiger charge is -2.28. The minimum absolute atomic E-state index is 0.301. The normalized spacial score (nSPS) is 13.9. The molecule has 0 aliphatic carbocycles. The summed E-state index contributed by atoms with van der Waals surface area (Å²) in [5, 5.41) is 0. The van der Waals surface area contributed by atoms with E-state index in [0.717, 1.165) is 30.0 Å². The first-order valence-electron chi connectivity index (χ1n) is 7.07. The number of fused-ring (bicyclic) bond motifs is 1. The van der Waals surface area contributed by atoms with Crippen LogP contribution in [-0.2, 0) is 13.0 Å². The number of benzene rings is 1. The zero-order valence-corrected chi connectivity index (χ0v) is 12.7. The van der Waals surface area contributed by atoms with Crippen molar-refractivity contribution < 1.29 is 0 Å². The number of hydrogen-bond acceptors (Lipinski definition) is 2. The van der Waals surface area contributed by atoms with E-state index in [1.165, 1.54) is 5.52 Å². The Morgan fingerprint density at radius 1 is 1.32 bits per heavy atom. The summed E-state index contributed by atoms with van der Waals surface area (Å²) in [6.07, 6.45) is 0.950. The summed E-state index contributed by atoms with van der Waals surface area (Å²) in [6.45, 7) is 12.3. The quantitative estimate of drug-likeness (QED) is 0.850. The maximum atomic E-state index is 5.85. The molecule has 0 radical (unpaired) electrons. The van der Waals surface area contributed by atoms with E-state index < -0.39 is 0 Å². The fourth-order valence-corrected chi connectivity index (χ4v) is 2.22. The van der Waals surface area contributed by atoms with Crippen molar-refractivity contribution in [3.8, 4) is 0 Å². The average Bonchev–Trinajstić information content (AvgIpc) is 2.65. The fraction of sp³-hybridized carbons (Fsp3) is 0.562. The van der Waals surface area contributed by atoms with E-state index in [-0.39, 0.29) is 0 Å². The van der Waals surface area contributed by atoms with Crippen LogP contribution in [0.15, 0.2) is 18.2 Å². The third-order valence-electron chi connectivity index (χ3n) is 4.10. The van der Waals surface area contributed by atoms with Crippen LogP contribution in [0.2, 0.25) is 0 Å². The van der Waals surface area contributed by atoms with Gasteiger partial charge in [-0.15, -0.1) is 0 Å². The Labute approximate surface area is 115 Å². The molecule has 1 atom stereocenters. The molecule has 3 nitrogen and oxygen atoms in total. The van der Waals surface area contributed by atoms with Gasteiger partial charge < -0.3 is 10.3 Å². The molecule has 0 bridgehead atoms. The summed E-state index contributed by atoms with van der Waals surface area (Å²) in [7, 11) is 0. The van der Waals surface area contributed by atoms with E-state index in [9.17, 15) is 0 Å². The van der Waals surface area contributed by atoms with Crippen LogP contribution in [-0.4, -0.2) is 9.55 Å². The number of nitrogen functional groups attached to an aromatic ring is 1. The molecule has 1 aromatic heterocycles. The Kier molecular flexibility index (Phi) is 3.57. The van der Waals surface area contributed by atoms with Gasteiger partial charge in [-0.05, 0) is 29.5 Å². The van der Waals surface area contributed by atoms with Crippen LogP contribution in [0.3, 0.4) is 0 Å². The molecule has 0 aliphatic heterocycles. The van der Waals surface area contributed by atoms with Crippen molar-refractivity contribution in [2.75, 3.05) is 5.73 Å². The standard InChI is InChI=1S/C16H25N3/c1-6-15-18-13-9-12(17)7-8-14(13)19(15)10-11(2)16(3,4)5/h7-9,11H,6,10,17H2,1-5H3. The van der Waals surface area contributed by atoms with Gasteiger partial charge in [0.15, 0.2) is 0 Å². The summed E-state index contributed by atoms with van der Waals surface area (Å²) in [5.41, 5.74) is 9.14. The molecular weight excluding hydrogens is 234 g/mol. The fourth-order valence-electron chi connectivity index (χ4n) is 2.22. The van der Waals surface area contributed by atoms with Crippen molar-refractivity contribution in [2.24, 2.45) is 11.3 Å². The highest BCUT2D eigenvalue weighted by Crippen LogP contribution is 2.29. The molecule has 1 heterocycles. The summed E-state index contributed by atoms with van der Waals surface area (Å²) >= 11 is 0. The highest BCUT2D eigenvalue weighted by atomic mass is 15.1. The average molecular weight is 259 g/mol. The van der Waals surface area contributed by atoms with Gasteiger partial charge in [0.1, 0.15) is 5.82 Å². The molecule has 0 aliphatic rings. The molecule has 0 amide bonds. The van der Waals surface area contributed by atoms with Gasteiger partial charge in [-0.25, -0.2) is 4.98 Å². The smallest absolute Gasteiger partial charge is 0.109 e. The Morgan fingerprint density at radius 3 is 2.58 bits per heavy atom. The second-order valence-electron chi connectivity index (χ2n) is 6.51. The lowest BCUT2D eigenvalue weighted by Crippen LogP contribution is -2.23. The lowest BCUT2D eigenvalue weighted by molar-refractivity contribution is 0.233. The van der Waals surface area contributed by atoms with Crippen LogP contribution in [0.4, 0.5) is 5.69 Å². The molecule has 3 heteroatoms. The summed E-state index contributed by atoms with van der Waals surface area (Å²) < 4.78 is 2.35. The van der Waals surface area contributed by atoms with Gasteiger partial charge in [0.05, 0.1) is 11.0 Å². The highest BCUT2D eigenvalue weighted by molar-refractivity contribution is 5.79. The van der Waals surface area contributed by atoms with Crippen LogP contribution < -0.4 is 5.73 Å². The molecule has 0 fully saturated rings. The molecular formula is C16H25N3. The SMILES string of the molecule is CCc1nc2cc(N)ccc2n1CC(C)C(C)(C)C. The van der Waals surface area contributed by atoms with Crippen LogP contribution in [0.1, 0.15) is 40.4 Å². The number of rotatable bonds is 3. The number of nitrogens with zero attached hydrogens (tertiary/aromatic N) is 2. The maximum absolute atomic E-state index is 5.85. The van der Waals surface area contributed by atoms with Gasteiger partial charge >= 0.3 is 0 Å². The predicted molar refractivity (Wildman–Crippen MR) is 82.1 cm³/mol. The number of imidazole rings is 1. The number of nitrogens with two attached hydrogens (primary N) is 1. The Balaban J connectivity index is 2.46. The largest absolute Gasteiger partial charge is 0.399 e. The molecule has 104 valence electrons. The van der Waals surface area contributed by atoms with Crippen LogP contribution >= 0.6 is 0 Å². The number of aryl methyl sites for hydroxylation is 1. The summed E-state index contributed by atoms with van der Waals surface area (Å²) in [6, 6.07) is 6.01. The van der Waals surface area contributed by atoms with Crippen molar-refractivity contribution in [1.82, 2.24) is 9.55 Å². The van der Waals surface area contributed by atoms with Crippen LogP contribution in [0.5, 0.6) is 0 Å². The van der Waals surface area contributed by atoms with Crippen molar-refractivity contribution in [2.45, 2.75) is 47.6 Å². The second-order valence-corrected chi connectivity index (χ2v) is 6.51. The van der Waals surface area contributed by atoms with Gasteiger partial charge in [-0.2, -0.15) is 0 Å². The van der Waals surface area contributed by atoms with Gasteiger partial charge in [-0.3, -0.25) is 0 Å². The molecule has 1 unspecified atom stereocenters. The summed E-state index contributed by atoms with van der Waals surface area (Å²) in [4.78, 5) is 4.71. The first kappa shape index (κ1) is 13.9. The molecule has 0 saturated heterocycles. The molecule has 0 saturated carbocycles. The van der Waals surface area contributed by atoms with E-state index in [1.807, 2.05) is 12.1 Å². The Bertz CT molecular complexity index is 575. The van der Waals surface area contributed by atoms with Crippen molar-refractivity contribution >= 4 is 16.7 Å². The van der Waals surface area contributed by atoms with Crippen LogP contribution in [0, 0.1) is 11.3 Å². The third kappa shape index (κ3) is 2.75. The van der Waals surface area contributed by atoms with Gasteiger partial charge in [0.2, 0.25) is 0 Å². The first-order valence-corrected chi connectivity index (χ1v) is 7.07. The number of anilines is 1. The molecule has 2 aromatic rings. The van der Waals surface area contributed by atoms with E-state index >= 15 is 0 Å². The van der Waals surface area contributed by atoms with E-state index in [0.29, 0.717) is 11.3 Å². The van der Waals surface area contributed by atoms with E-state index in [2.05, 4.69) is 45.3 Å². The zero-order valence-electron chi connectivity index (χ0n) is 12.7. The first-order chi connectivity index (χ1) is 8.82. The monoisotopic (exact) mass is 259 g/mol. The van der Waals surface area contributed by atoms with Crippen molar-refractivity contribution in [3.63, 3.8) is 0 Å². The van der Waals surface area contributed by atoms with E-state index in [4.69, 9.17) is 10.7 Å². The Morgan fingerprint density at radius 2 is 2.00 bits per heavy atom. The topological polar surface area (TPSA) is 43.8 Å². The Hall–Kier alpha value is -1.51. The van der Waals surface area contributed by atoms with Crippen molar-refractivity contribution in [3.05, 3.63) is 24.0 Å². The molecule has 0 spiro atoms. The lowest BCUT2D eigenvalue weighted by atomic mass is 9.82. The molecule has 1 aromatic carbocycles. The van der Waals surface area contributed by atoms with Gasteiger partial charge in [-0.1, -0.05) is 34.6 Å². The molecule has 19 heavy (non-hydrogen) atoms. The minimum atomic E-state index is 0.301. The van der Waals surface area contributed by atoms with E-state index in [1.54, 1.807) is 0 Å². The van der Waals surface area contributed by atoms with Crippen molar-refractivity contribution in [1.29, 1.82) is 0 Å². The highest BCUT2D eigenvalue weighted by Gasteiger charge is 2.22. The minimum Gasteiger partial charge on any atom is -0.399 e. The predicted octanol–water partition coefficient (Wildman–Crippen LogP) is 3.86. The second kappa shape index (κ2) is 4.87.